The molecule has 0 aliphatic heterocycles. The van der Waals surface area contributed by atoms with Gasteiger partial charge in [0.1, 0.15) is 17.1 Å². The van der Waals surface area contributed by atoms with Crippen molar-refractivity contribution in [1.29, 1.82) is 0 Å². The van der Waals surface area contributed by atoms with Crippen molar-refractivity contribution in [2.24, 2.45) is 0 Å². The minimum Gasteiger partial charge on any atom is -0.474 e. The molecule has 0 amide bonds. The number of aryl methyl sites for hydroxylation is 4. The van der Waals surface area contributed by atoms with E-state index in [-0.39, 0.29) is 0 Å². The molecule has 0 aliphatic rings. The molecular formula is C29H32ClN3O3. The number of hydrogen-bond acceptors (Lipinski definition) is 5. The predicted octanol–water partition coefficient (Wildman–Crippen LogP) is 6.56. The van der Waals surface area contributed by atoms with Gasteiger partial charge in [0.15, 0.2) is 5.65 Å². The molecule has 6 nitrogen and oxygen atoms in total. The van der Waals surface area contributed by atoms with E-state index in [2.05, 4.69) is 37.5 Å². The van der Waals surface area contributed by atoms with Crippen LogP contribution in [0.4, 0.5) is 0 Å². The fraction of sp³-hybridized carbons (Fsp3) is 0.345. The number of benzene rings is 2. The number of esters is 1. The Kier molecular flexibility index (Phi) is 7.94. The number of halogens is 1. The molecular weight excluding hydrogens is 474 g/mol. The fourth-order valence-electron chi connectivity index (χ4n) is 4.54. The molecule has 7 heteroatoms. The van der Waals surface area contributed by atoms with E-state index in [0.29, 0.717) is 22.9 Å². The van der Waals surface area contributed by atoms with Crippen LogP contribution in [0.2, 0.25) is 5.02 Å². The van der Waals surface area contributed by atoms with Crippen molar-refractivity contribution in [3.8, 4) is 5.75 Å². The molecule has 0 bridgehead atoms. The Bertz CT molecular complexity index is 1400. The maximum Gasteiger partial charge on any atom is 0.351 e. The summed E-state index contributed by atoms with van der Waals surface area (Å²) in [6.45, 7) is 8.97. The summed E-state index contributed by atoms with van der Waals surface area (Å²) in [5, 5.41) is 0.457. The van der Waals surface area contributed by atoms with Gasteiger partial charge in [-0.2, -0.15) is 0 Å². The van der Waals surface area contributed by atoms with E-state index < -0.39 is 12.1 Å². The molecule has 0 spiro atoms. The molecule has 1 atom stereocenters. The Hall–Kier alpha value is -3.38. The van der Waals surface area contributed by atoms with Gasteiger partial charge in [0.05, 0.1) is 13.7 Å². The first-order valence-electron chi connectivity index (χ1n) is 12.3. The van der Waals surface area contributed by atoms with Gasteiger partial charge in [-0.3, -0.25) is 0 Å². The average Bonchev–Trinajstić information content (AvgIpc) is 3.21. The van der Waals surface area contributed by atoms with E-state index in [0.717, 1.165) is 58.6 Å². The van der Waals surface area contributed by atoms with Crippen LogP contribution in [0.15, 0.2) is 48.5 Å². The molecule has 188 valence electrons. The summed E-state index contributed by atoms with van der Waals surface area (Å²) >= 11 is 6.39. The van der Waals surface area contributed by atoms with E-state index in [1.807, 2.05) is 31.2 Å². The number of imidazole rings is 1. The van der Waals surface area contributed by atoms with Gasteiger partial charge < -0.3 is 14.0 Å². The highest BCUT2D eigenvalue weighted by atomic mass is 35.5. The Morgan fingerprint density at radius 3 is 2.56 bits per heavy atom. The largest absolute Gasteiger partial charge is 0.474 e. The summed E-state index contributed by atoms with van der Waals surface area (Å²) in [5.74, 6) is 1.16. The van der Waals surface area contributed by atoms with Gasteiger partial charge in [0.2, 0.25) is 6.10 Å². The number of methoxy groups -OCH3 is 1. The number of carbonyl (C=O) groups is 1. The van der Waals surface area contributed by atoms with Crippen LogP contribution in [0.5, 0.6) is 5.75 Å². The number of rotatable bonds is 9. The SMILES string of the molecule is CCCc1cc(Cn2c(CC)nc3c(C)cc(C)nc32)ccc1OC(C(=O)OC)c1ccccc1Cl. The lowest BCUT2D eigenvalue weighted by Crippen LogP contribution is -2.21. The van der Waals surface area contributed by atoms with Crippen LogP contribution in [-0.2, 0) is 28.9 Å². The third-order valence-electron chi connectivity index (χ3n) is 6.25. The smallest absolute Gasteiger partial charge is 0.351 e. The van der Waals surface area contributed by atoms with E-state index in [1.165, 1.54) is 7.11 Å². The molecule has 2 aromatic heterocycles. The molecule has 0 saturated heterocycles. The van der Waals surface area contributed by atoms with Crippen molar-refractivity contribution < 1.29 is 14.3 Å². The topological polar surface area (TPSA) is 66.2 Å². The summed E-state index contributed by atoms with van der Waals surface area (Å²) in [7, 11) is 1.35. The van der Waals surface area contributed by atoms with Crippen molar-refractivity contribution in [2.75, 3.05) is 7.11 Å². The number of hydrogen-bond donors (Lipinski definition) is 0. The first kappa shape index (κ1) is 25.7. The van der Waals surface area contributed by atoms with E-state index in [1.54, 1.807) is 12.1 Å². The highest BCUT2D eigenvalue weighted by Gasteiger charge is 2.27. The van der Waals surface area contributed by atoms with Gasteiger partial charge in [0.25, 0.3) is 0 Å². The van der Waals surface area contributed by atoms with Gasteiger partial charge >= 0.3 is 5.97 Å². The lowest BCUT2D eigenvalue weighted by atomic mass is 10.0. The molecule has 0 radical (unpaired) electrons. The van der Waals surface area contributed by atoms with Crippen LogP contribution >= 0.6 is 11.6 Å². The van der Waals surface area contributed by atoms with Crippen LogP contribution in [0, 0.1) is 13.8 Å². The Balaban J connectivity index is 1.71. The predicted molar refractivity (Wildman–Crippen MR) is 143 cm³/mol. The first-order valence-corrected chi connectivity index (χ1v) is 12.7. The van der Waals surface area contributed by atoms with Gasteiger partial charge in [-0.25, -0.2) is 14.8 Å². The van der Waals surface area contributed by atoms with E-state index in [9.17, 15) is 4.79 Å². The molecule has 2 heterocycles. The maximum absolute atomic E-state index is 12.6. The Morgan fingerprint density at radius 1 is 1.08 bits per heavy atom. The number of fused-ring (bicyclic) bond motifs is 1. The monoisotopic (exact) mass is 505 g/mol. The second kappa shape index (κ2) is 11.1. The zero-order valence-corrected chi connectivity index (χ0v) is 22.2. The van der Waals surface area contributed by atoms with Crippen LogP contribution in [0.1, 0.15) is 60.1 Å². The van der Waals surface area contributed by atoms with Crippen molar-refractivity contribution in [1.82, 2.24) is 14.5 Å². The van der Waals surface area contributed by atoms with Gasteiger partial charge in [-0.1, -0.05) is 62.2 Å². The van der Waals surface area contributed by atoms with Gasteiger partial charge in [0, 0.05) is 22.7 Å². The van der Waals surface area contributed by atoms with Crippen LogP contribution in [0.3, 0.4) is 0 Å². The fourth-order valence-corrected chi connectivity index (χ4v) is 4.77. The number of nitrogens with zero attached hydrogens (tertiary/aromatic N) is 3. The summed E-state index contributed by atoms with van der Waals surface area (Å²) in [4.78, 5) is 22.3. The average molecular weight is 506 g/mol. The maximum atomic E-state index is 12.6. The lowest BCUT2D eigenvalue weighted by Gasteiger charge is -2.21. The number of pyridine rings is 1. The molecule has 0 fully saturated rings. The van der Waals surface area contributed by atoms with Crippen molar-refractivity contribution in [3.05, 3.63) is 87.3 Å². The number of carbonyl (C=O) groups excluding carboxylic acids is 1. The van der Waals surface area contributed by atoms with Gasteiger partial charge in [-0.05, 0) is 55.2 Å². The summed E-state index contributed by atoms with van der Waals surface area (Å²) in [6, 6.07) is 15.4. The Labute approximate surface area is 217 Å². The molecule has 1 unspecified atom stereocenters. The third kappa shape index (κ3) is 5.24. The third-order valence-corrected chi connectivity index (χ3v) is 6.59. The summed E-state index contributed by atoms with van der Waals surface area (Å²) < 4.78 is 13.5. The van der Waals surface area contributed by atoms with E-state index >= 15 is 0 Å². The second-order valence-electron chi connectivity index (χ2n) is 8.96. The molecule has 0 saturated carbocycles. The minimum absolute atomic E-state index is 0.457. The zero-order valence-electron chi connectivity index (χ0n) is 21.5. The molecule has 0 aliphatic carbocycles. The standard InChI is InChI=1S/C29H32ClN3O3/c1-6-10-21-16-20(17-33-25(7-2)32-26-18(3)15-19(4)31-28(26)33)13-14-24(21)36-27(29(34)35-5)22-11-8-9-12-23(22)30/h8-9,11-16,27H,6-7,10,17H2,1-5H3. The van der Waals surface area contributed by atoms with Crippen LogP contribution in [0.25, 0.3) is 11.2 Å². The van der Waals surface area contributed by atoms with Crippen molar-refractivity contribution >= 4 is 28.7 Å². The number of aromatic nitrogens is 3. The quantitative estimate of drug-likeness (QED) is 0.241. The number of ether oxygens (including phenoxy) is 2. The van der Waals surface area contributed by atoms with Crippen LogP contribution in [-0.4, -0.2) is 27.6 Å². The molecule has 2 aromatic carbocycles. The highest BCUT2D eigenvalue weighted by Crippen LogP contribution is 2.32. The zero-order chi connectivity index (χ0) is 25.8. The normalized spacial score (nSPS) is 12.1. The van der Waals surface area contributed by atoms with Crippen molar-refractivity contribution in [2.45, 2.75) is 59.6 Å². The van der Waals surface area contributed by atoms with Gasteiger partial charge in [-0.15, -0.1) is 0 Å². The van der Waals surface area contributed by atoms with Crippen molar-refractivity contribution in [3.63, 3.8) is 0 Å². The second-order valence-corrected chi connectivity index (χ2v) is 9.36. The molecule has 4 rings (SSSR count). The molecule has 36 heavy (non-hydrogen) atoms. The lowest BCUT2D eigenvalue weighted by molar-refractivity contribution is -0.149. The van der Waals surface area contributed by atoms with Crippen LogP contribution < -0.4 is 4.74 Å². The molecule has 0 N–H and O–H groups in total. The first-order chi connectivity index (χ1) is 17.4. The highest BCUT2D eigenvalue weighted by molar-refractivity contribution is 6.31. The minimum atomic E-state index is -0.954. The Morgan fingerprint density at radius 2 is 1.86 bits per heavy atom. The summed E-state index contributed by atoms with van der Waals surface area (Å²) in [6.07, 6.45) is 1.60. The van der Waals surface area contributed by atoms with E-state index in [4.69, 9.17) is 31.0 Å². The molecule has 4 aromatic rings. The summed E-state index contributed by atoms with van der Waals surface area (Å²) in [5.41, 5.74) is 6.69.